The quantitative estimate of drug-likeness (QED) is 0.595. The number of benzene rings is 1. The number of halogens is 1. The molecule has 1 aromatic carbocycles. The summed E-state index contributed by atoms with van der Waals surface area (Å²) in [5.74, 6) is 0.108. The van der Waals surface area contributed by atoms with E-state index in [4.69, 9.17) is 11.1 Å². The lowest BCUT2D eigenvalue weighted by Crippen LogP contribution is -2.31. The summed E-state index contributed by atoms with van der Waals surface area (Å²) in [7, 11) is 1.80. The number of aromatic nitrogens is 1. The molecule has 0 spiro atoms. The minimum absolute atomic E-state index is 0. The molecule has 6 heteroatoms. The van der Waals surface area contributed by atoms with Gasteiger partial charge in [0.25, 0.3) is 0 Å². The van der Waals surface area contributed by atoms with Gasteiger partial charge in [0.1, 0.15) is 10.8 Å². The van der Waals surface area contributed by atoms with Crippen molar-refractivity contribution < 1.29 is 0 Å². The highest BCUT2D eigenvalue weighted by molar-refractivity contribution is 7.13. The smallest absolute Gasteiger partial charge is 0.123 e. The Morgan fingerprint density at radius 1 is 1.44 bits per heavy atom. The van der Waals surface area contributed by atoms with Gasteiger partial charge in [0.2, 0.25) is 0 Å². The molecule has 0 radical (unpaired) electrons. The number of amidine groups is 1. The summed E-state index contributed by atoms with van der Waals surface area (Å²) in [6, 6.07) is 7.61. The van der Waals surface area contributed by atoms with E-state index in [2.05, 4.69) is 10.3 Å². The Morgan fingerprint density at radius 2 is 2.17 bits per heavy atom. The Labute approximate surface area is 116 Å². The maximum atomic E-state index is 7.61. The predicted octanol–water partition coefficient (Wildman–Crippen LogP) is 2.43. The van der Waals surface area contributed by atoms with E-state index in [1.165, 1.54) is 0 Å². The lowest BCUT2D eigenvalue weighted by Gasteiger charge is -2.17. The van der Waals surface area contributed by atoms with E-state index < -0.39 is 0 Å². The van der Waals surface area contributed by atoms with E-state index in [9.17, 15) is 0 Å². The molecular formula is C12H15ClN4S. The lowest BCUT2D eigenvalue weighted by molar-refractivity contribution is 0.741. The fourth-order valence-corrected chi connectivity index (χ4v) is 2.46. The van der Waals surface area contributed by atoms with Crippen molar-refractivity contribution >= 4 is 29.6 Å². The molecule has 0 aliphatic rings. The first-order valence-corrected chi connectivity index (χ1v) is 6.12. The van der Waals surface area contributed by atoms with Crippen LogP contribution in [0.4, 0.5) is 0 Å². The average molecular weight is 283 g/mol. The average Bonchev–Trinajstić information content (AvgIpc) is 2.83. The zero-order valence-corrected chi connectivity index (χ0v) is 11.5. The molecule has 2 rings (SSSR count). The number of thiazole rings is 1. The van der Waals surface area contributed by atoms with Crippen molar-refractivity contribution in [3.8, 4) is 10.6 Å². The molecule has 0 fully saturated rings. The highest BCUT2D eigenvalue weighted by Gasteiger charge is 2.17. The molecule has 1 unspecified atom stereocenters. The third kappa shape index (κ3) is 2.87. The Morgan fingerprint density at radius 3 is 2.72 bits per heavy atom. The second-order valence-electron chi connectivity index (χ2n) is 3.60. The molecule has 1 atom stereocenters. The molecule has 0 aliphatic heterocycles. The van der Waals surface area contributed by atoms with Crippen LogP contribution in [-0.4, -0.2) is 17.9 Å². The largest absolute Gasteiger partial charge is 0.386 e. The second kappa shape index (κ2) is 6.49. The minimum Gasteiger partial charge on any atom is -0.386 e. The Hall–Kier alpha value is -1.43. The first kappa shape index (κ1) is 14.6. The van der Waals surface area contributed by atoms with Gasteiger partial charge in [-0.2, -0.15) is 0 Å². The fraction of sp³-hybridized carbons (Fsp3) is 0.167. The fourth-order valence-electron chi connectivity index (χ4n) is 1.78. The molecule has 0 saturated heterocycles. The number of nitrogens with one attached hydrogen (secondary N) is 2. The monoisotopic (exact) mass is 282 g/mol. The first-order chi connectivity index (χ1) is 8.24. The second-order valence-corrected chi connectivity index (χ2v) is 4.50. The van der Waals surface area contributed by atoms with Crippen LogP contribution in [0.15, 0.2) is 35.8 Å². The van der Waals surface area contributed by atoms with E-state index in [0.29, 0.717) is 0 Å². The number of rotatable bonds is 4. The summed E-state index contributed by atoms with van der Waals surface area (Å²) in [6.07, 6.45) is 1.78. The van der Waals surface area contributed by atoms with Gasteiger partial charge in [0, 0.05) is 17.1 Å². The highest BCUT2D eigenvalue weighted by Crippen LogP contribution is 2.29. The molecular weight excluding hydrogens is 268 g/mol. The molecule has 4 nitrogen and oxygen atoms in total. The van der Waals surface area contributed by atoms with Crippen molar-refractivity contribution in [2.45, 2.75) is 6.04 Å². The summed E-state index contributed by atoms with van der Waals surface area (Å²) in [6.45, 7) is 0. The van der Waals surface area contributed by atoms with E-state index in [0.717, 1.165) is 16.1 Å². The topological polar surface area (TPSA) is 74.8 Å². The summed E-state index contributed by atoms with van der Waals surface area (Å²) >= 11 is 1.58. The lowest BCUT2D eigenvalue weighted by atomic mass is 10.00. The van der Waals surface area contributed by atoms with Crippen molar-refractivity contribution in [1.82, 2.24) is 10.3 Å². The zero-order valence-electron chi connectivity index (χ0n) is 9.88. The van der Waals surface area contributed by atoms with Crippen LogP contribution in [0.5, 0.6) is 0 Å². The van der Waals surface area contributed by atoms with Gasteiger partial charge in [-0.15, -0.1) is 23.7 Å². The van der Waals surface area contributed by atoms with Gasteiger partial charge in [0.05, 0.1) is 6.04 Å². The van der Waals surface area contributed by atoms with Gasteiger partial charge in [-0.25, -0.2) is 4.98 Å². The maximum Gasteiger partial charge on any atom is 0.123 e. The van der Waals surface area contributed by atoms with Crippen LogP contribution < -0.4 is 11.1 Å². The van der Waals surface area contributed by atoms with Crippen LogP contribution in [-0.2, 0) is 0 Å². The molecule has 0 saturated carbocycles. The van der Waals surface area contributed by atoms with Gasteiger partial charge in [-0.05, 0) is 12.6 Å². The van der Waals surface area contributed by atoms with E-state index in [1.807, 2.05) is 29.6 Å². The number of nitrogens with zero attached hydrogens (tertiary/aromatic N) is 1. The Bertz CT molecular complexity index is 513. The van der Waals surface area contributed by atoms with E-state index >= 15 is 0 Å². The number of likely N-dealkylation sites (N-methyl/N-ethyl adjacent to an activating group) is 1. The van der Waals surface area contributed by atoms with Crippen LogP contribution in [0.25, 0.3) is 10.6 Å². The first-order valence-electron chi connectivity index (χ1n) is 5.24. The summed E-state index contributed by atoms with van der Waals surface area (Å²) in [5, 5.41) is 13.5. The minimum atomic E-state index is -0.268. The molecule has 0 aliphatic carbocycles. The number of nitrogens with two attached hydrogens (primary N) is 1. The SMILES string of the molecule is CNC(C(=N)N)c1ccccc1-c1nccs1.Cl. The van der Waals surface area contributed by atoms with Crippen molar-refractivity contribution in [3.05, 3.63) is 41.4 Å². The Kier molecular flexibility index (Phi) is 5.27. The zero-order chi connectivity index (χ0) is 12.3. The van der Waals surface area contributed by atoms with Crippen LogP contribution in [0, 0.1) is 5.41 Å². The highest BCUT2D eigenvalue weighted by atomic mass is 35.5. The molecule has 0 amide bonds. The van der Waals surface area contributed by atoms with Gasteiger partial charge in [0.15, 0.2) is 0 Å². The summed E-state index contributed by atoms with van der Waals surface area (Å²) in [5.41, 5.74) is 7.61. The molecule has 4 N–H and O–H groups in total. The molecule has 0 bridgehead atoms. The van der Waals surface area contributed by atoms with Crippen LogP contribution in [0.1, 0.15) is 11.6 Å². The van der Waals surface area contributed by atoms with Crippen LogP contribution >= 0.6 is 23.7 Å². The number of hydrogen-bond donors (Lipinski definition) is 3. The van der Waals surface area contributed by atoms with Crippen LogP contribution in [0.3, 0.4) is 0 Å². The molecule has 1 heterocycles. The molecule has 96 valence electrons. The third-order valence-electron chi connectivity index (χ3n) is 2.53. The standard InChI is InChI=1S/C12H14N4S.ClH/c1-15-10(11(13)14)8-4-2-3-5-9(8)12-16-6-7-17-12;/h2-7,10,15H,1H3,(H3,13,14);1H. The summed E-state index contributed by atoms with van der Waals surface area (Å²) < 4.78 is 0. The van der Waals surface area contributed by atoms with Crippen molar-refractivity contribution in [2.75, 3.05) is 7.05 Å². The molecule has 18 heavy (non-hydrogen) atoms. The van der Waals surface area contributed by atoms with Crippen molar-refractivity contribution in [3.63, 3.8) is 0 Å². The maximum absolute atomic E-state index is 7.61. The van der Waals surface area contributed by atoms with E-state index in [1.54, 1.807) is 24.6 Å². The molecule has 2 aromatic rings. The third-order valence-corrected chi connectivity index (χ3v) is 3.34. The van der Waals surface area contributed by atoms with Crippen molar-refractivity contribution in [1.29, 1.82) is 5.41 Å². The number of hydrogen-bond acceptors (Lipinski definition) is 4. The van der Waals surface area contributed by atoms with Crippen molar-refractivity contribution in [2.24, 2.45) is 5.73 Å². The summed E-state index contributed by atoms with van der Waals surface area (Å²) in [4.78, 5) is 4.30. The van der Waals surface area contributed by atoms with E-state index in [-0.39, 0.29) is 24.3 Å². The van der Waals surface area contributed by atoms with Crippen LogP contribution in [0.2, 0.25) is 0 Å². The normalized spacial score (nSPS) is 11.6. The predicted molar refractivity (Wildman–Crippen MR) is 78.5 cm³/mol. The van der Waals surface area contributed by atoms with Gasteiger partial charge >= 0.3 is 0 Å². The molecule has 1 aromatic heterocycles. The van der Waals surface area contributed by atoms with Gasteiger partial charge < -0.3 is 11.1 Å². The van der Waals surface area contributed by atoms with Gasteiger partial charge in [-0.1, -0.05) is 24.3 Å². The Balaban J connectivity index is 0.00000162. The van der Waals surface area contributed by atoms with Gasteiger partial charge in [-0.3, -0.25) is 5.41 Å².